The molecule has 0 amide bonds. The molecular formula is C22H25Cl2N7OS. The molecule has 2 fully saturated rings. The summed E-state index contributed by atoms with van der Waals surface area (Å²) in [6.07, 6.45) is 6.03. The number of likely N-dealkylation sites (N-methyl/N-ethyl adjacent to an activating group) is 1. The Hall–Kier alpha value is -2.46. The number of piperidine rings is 1. The van der Waals surface area contributed by atoms with Gasteiger partial charge in [0.25, 0.3) is 0 Å². The van der Waals surface area contributed by atoms with Crippen molar-refractivity contribution in [1.29, 1.82) is 0 Å². The first-order chi connectivity index (χ1) is 15.2. The smallest absolute Gasteiger partial charge is 0.194 e. The van der Waals surface area contributed by atoms with Crippen LogP contribution in [0.15, 0.2) is 36.7 Å². The highest BCUT2D eigenvalue weighted by atomic mass is 35.5. The summed E-state index contributed by atoms with van der Waals surface area (Å²) in [6, 6.07) is 8.07. The number of hydrogen-bond acceptors (Lipinski definition) is 8. The summed E-state index contributed by atoms with van der Waals surface area (Å²) < 4.78 is 0.992. The maximum absolute atomic E-state index is 10.6. The van der Waals surface area contributed by atoms with Gasteiger partial charge in [0.15, 0.2) is 10.8 Å². The van der Waals surface area contributed by atoms with E-state index in [9.17, 15) is 5.11 Å². The van der Waals surface area contributed by atoms with Crippen LogP contribution in [-0.2, 0) is 0 Å². The highest BCUT2D eigenvalue weighted by molar-refractivity contribution is 7.22. The summed E-state index contributed by atoms with van der Waals surface area (Å²) in [5.74, 6) is 0.931. The van der Waals surface area contributed by atoms with Crippen molar-refractivity contribution in [2.75, 3.05) is 31.6 Å². The van der Waals surface area contributed by atoms with E-state index in [1.807, 2.05) is 18.2 Å². The van der Waals surface area contributed by atoms with E-state index in [2.05, 4.69) is 37.2 Å². The van der Waals surface area contributed by atoms with Gasteiger partial charge in [-0.2, -0.15) is 10.1 Å². The van der Waals surface area contributed by atoms with Crippen LogP contribution in [-0.4, -0.2) is 68.1 Å². The van der Waals surface area contributed by atoms with Crippen LogP contribution >= 0.6 is 36.2 Å². The maximum Gasteiger partial charge on any atom is 0.194 e. The van der Waals surface area contributed by atoms with Crippen molar-refractivity contribution in [3.8, 4) is 28.1 Å². The number of phenols is 1. The van der Waals surface area contributed by atoms with Gasteiger partial charge >= 0.3 is 0 Å². The zero-order valence-corrected chi connectivity index (χ0v) is 20.5. The molecule has 33 heavy (non-hydrogen) atoms. The molecular weight excluding hydrogens is 481 g/mol. The summed E-state index contributed by atoms with van der Waals surface area (Å²) in [5, 5.41) is 27.1. The highest BCUT2D eigenvalue weighted by Crippen LogP contribution is 2.39. The van der Waals surface area contributed by atoms with E-state index in [-0.39, 0.29) is 30.6 Å². The van der Waals surface area contributed by atoms with E-state index in [1.165, 1.54) is 19.4 Å². The summed E-state index contributed by atoms with van der Waals surface area (Å²) in [4.78, 5) is 9.67. The van der Waals surface area contributed by atoms with E-state index in [0.29, 0.717) is 22.9 Å². The van der Waals surface area contributed by atoms with Gasteiger partial charge in [0.1, 0.15) is 5.75 Å². The second-order valence-corrected chi connectivity index (χ2v) is 9.50. The molecule has 0 saturated carbocycles. The van der Waals surface area contributed by atoms with Crippen molar-refractivity contribution in [2.24, 2.45) is 5.92 Å². The summed E-state index contributed by atoms with van der Waals surface area (Å²) >= 11 is 1.67. The standard InChI is InChI=1S/C22H23N7OS.2ClH/c1-28-6-4-13-5-7-29(18(13)12-28)22-25-21-20(31-22)9-17(26-27-21)16-3-2-14(8-19(16)30)15-10-23-24-11-15;;/h2-3,8-11,13,18,30H,4-7,12H2,1H3,(H,23,24);2*1H/t13-,18-;;/m1../s1. The Morgan fingerprint density at radius 1 is 1.09 bits per heavy atom. The van der Waals surface area contributed by atoms with Crippen LogP contribution in [0.2, 0.25) is 0 Å². The van der Waals surface area contributed by atoms with Gasteiger partial charge in [-0.15, -0.1) is 35.0 Å². The number of rotatable bonds is 3. The Morgan fingerprint density at radius 2 is 1.94 bits per heavy atom. The molecule has 11 heteroatoms. The normalized spacial score (nSPS) is 20.3. The molecule has 3 aromatic heterocycles. The van der Waals surface area contributed by atoms with Crippen molar-refractivity contribution in [1.82, 2.24) is 30.3 Å². The number of likely N-dealkylation sites (tertiary alicyclic amines) is 1. The van der Waals surface area contributed by atoms with Gasteiger partial charge in [-0.05, 0) is 56.1 Å². The molecule has 5 heterocycles. The van der Waals surface area contributed by atoms with Crippen molar-refractivity contribution in [3.05, 3.63) is 36.7 Å². The predicted molar refractivity (Wildman–Crippen MR) is 136 cm³/mol. The topological polar surface area (TPSA) is 94.1 Å². The molecule has 2 aliphatic heterocycles. The largest absolute Gasteiger partial charge is 0.507 e. The van der Waals surface area contributed by atoms with E-state index in [4.69, 9.17) is 4.98 Å². The summed E-state index contributed by atoms with van der Waals surface area (Å²) in [7, 11) is 2.20. The molecule has 1 aromatic carbocycles. The predicted octanol–water partition coefficient (Wildman–Crippen LogP) is 4.22. The Kier molecular flexibility index (Phi) is 6.76. The van der Waals surface area contributed by atoms with Crippen molar-refractivity contribution >= 4 is 51.6 Å². The molecule has 2 N–H and O–H groups in total. The molecule has 0 aliphatic carbocycles. The van der Waals surface area contributed by atoms with Crippen molar-refractivity contribution in [2.45, 2.75) is 18.9 Å². The van der Waals surface area contributed by atoms with Crippen LogP contribution in [0.3, 0.4) is 0 Å². The molecule has 2 aliphatic rings. The number of halogens is 2. The average Bonchev–Trinajstić information content (AvgIpc) is 3.51. The Bertz CT molecular complexity index is 1250. The molecule has 8 nitrogen and oxygen atoms in total. The van der Waals surface area contributed by atoms with E-state index in [1.54, 1.807) is 29.8 Å². The van der Waals surface area contributed by atoms with Gasteiger partial charge in [0.05, 0.1) is 16.6 Å². The van der Waals surface area contributed by atoms with Gasteiger partial charge in [-0.3, -0.25) is 5.10 Å². The number of nitrogens with zero attached hydrogens (tertiary/aromatic N) is 6. The van der Waals surface area contributed by atoms with Gasteiger partial charge in [-0.1, -0.05) is 17.4 Å². The fraction of sp³-hybridized carbons (Fsp3) is 0.364. The summed E-state index contributed by atoms with van der Waals surface area (Å²) in [6.45, 7) is 3.33. The van der Waals surface area contributed by atoms with Gasteiger partial charge in [0.2, 0.25) is 0 Å². The number of aromatic hydroxyl groups is 1. The zero-order chi connectivity index (χ0) is 20.9. The lowest BCUT2D eigenvalue weighted by molar-refractivity contribution is 0.208. The number of benzene rings is 1. The van der Waals surface area contributed by atoms with E-state index < -0.39 is 0 Å². The number of phenolic OH excluding ortho intramolecular Hbond substituents is 1. The minimum atomic E-state index is 0. The van der Waals surface area contributed by atoms with Crippen LogP contribution < -0.4 is 4.90 Å². The zero-order valence-electron chi connectivity index (χ0n) is 18.0. The average molecular weight is 506 g/mol. The molecule has 0 spiro atoms. The first-order valence-electron chi connectivity index (χ1n) is 10.6. The third kappa shape index (κ3) is 4.26. The number of hydrogen-bond donors (Lipinski definition) is 2. The quantitative estimate of drug-likeness (QED) is 0.430. The Balaban J connectivity index is 0.00000130. The van der Waals surface area contributed by atoms with Gasteiger partial charge in [-0.25, -0.2) is 0 Å². The highest BCUT2D eigenvalue weighted by Gasteiger charge is 2.38. The second kappa shape index (κ2) is 9.42. The number of fused-ring (bicyclic) bond motifs is 2. The summed E-state index contributed by atoms with van der Waals surface area (Å²) in [5.41, 5.74) is 3.80. The Morgan fingerprint density at radius 3 is 2.73 bits per heavy atom. The van der Waals surface area contributed by atoms with Crippen molar-refractivity contribution < 1.29 is 5.11 Å². The Labute approximate surface area is 207 Å². The molecule has 0 unspecified atom stereocenters. The van der Waals surface area contributed by atoms with Crippen LogP contribution in [0.5, 0.6) is 5.75 Å². The lowest BCUT2D eigenvalue weighted by Gasteiger charge is -2.36. The van der Waals surface area contributed by atoms with Crippen LogP contribution in [0.4, 0.5) is 5.13 Å². The monoisotopic (exact) mass is 505 g/mol. The molecule has 6 rings (SSSR count). The molecule has 4 aromatic rings. The third-order valence-corrected chi connectivity index (χ3v) is 7.59. The molecule has 174 valence electrons. The lowest BCUT2D eigenvalue weighted by atomic mass is 9.93. The van der Waals surface area contributed by atoms with Gasteiger partial charge in [0, 0.05) is 36.5 Å². The molecule has 2 saturated heterocycles. The van der Waals surface area contributed by atoms with Crippen molar-refractivity contribution in [3.63, 3.8) is 0 Å². The minimum Gasteiger partial charge on any atom is -0.507 e. The second-order valence-electron chi connectivity index (χ2n) is 8.49. The minimum absolute atomic E-state index is 0. The van der Waals surface area contributed by atoms with Crippen LogP contribution in [0.1, 0.15) is 12.8 Å². The lowest BCUT2D eigenvalue weighted by Crippen LogP contribution is -2.46. The SMILES string of the molecule is CN1CC[C@@H]2CCN(c3nc4nnc(-c5ccc(-c6cn[nH]c6)cc5O)cc4s3)[C@@H]2C1.Cl.Cl. The maximum atomic E-state index is 10.6. The fourth-order valence-corrected chi connectivity index (χ4v) is 5.88. The number of aromatic amines is 1. The first kappa shape index (κ1) is 23.7. The molecule has 0 radical (unpaired) electrons. The van der Waals surface area contributed by atoms with Crippen LogP contribution in [0, 0.1) is 5.92 Å². The first-order valence-corrected chi connectivity index (χ1v) is 11.4. The fourth-order valence-electron chi connectivity index (χ4n) is 4.86. The van der Waals surface area contributed by atoms with Crippen LogP contribution in [0.25, 0.3) is 32.7 Å². The number of aromatic nitrogens is 5. The third-order valence-electron chi connectivity index (χ3n) is 6.56. The molecule has 0 bridgehead atoms. The van der Waals surface area contributed by atoms with Gasteiger partial charge < -0.3 is 14.9 Å². The van der Waals surface area contributed by atoms with E-state index in [0.717, 1.165) is 40.0 Å². The number of H-pyrrole nitrogens is 1. The molecule has 2 atom stereocenters. The number of anilines is 1. The number of thiazole rings is 1. The van der Waals surface area contributed by atoms with E-state index >= 15 is 0 Å². The number of nitrogens with one attached hydrogen (secondary N) is 1.